The number of aromatic nitrogens is 1. The van der Waals surface area contributed by atoms with Gasteiger partial charge in [-0.3, -0.25) is 9.59 Å². The molecule has 1 N–H and O–H groups in total. The van der Waals surface area contributed by atoms with E-state index < -0.39 is 5.54 Å². The van der Waals surface area contributed by atoms with E-state index in [1.54, 1.807) is 19.1 Å². The molecule has 7 heteroatoms. The fourth-order valence-corrected chi connectivity index (χ4v) is 5.62. The molecule has 1 atom stereocenters. The van der Waals surface area contributed by atoms with Crippen molar-refractivity contribution >= 4 is 22.7 Å². The third kappa shape index (κ3) is 4.43. The summed E-state index contributed by atoms with van der Waals surface area (Å²) in [5.74, 6) is 1.20. The maximum Gasteiger partial charge on any atom is 0.271 e. The van der Waals surface area contributed by atoms with E-state index in [-0.39, 0.29) is 17.9 Å². The first-order valence-corrected chi connectivity index (χ1v) is 12.9. The van der Waals surface area contributed by atoms with Gasteiger partial charge in [-0.05, 0) is 55.7 Å². The quantitative estimate of drug-likeness (QED) is 0.499. The van der Waals surface area contributed by atoms with Gasteiger partial charge in [-0.1, -0.05) is 37.8 Å². The zero-order valence-electron chi connectivity index (χ0n) is 21.4. The molecule has 36 heavy (non-hydrogen) atoms. The minimum Gasteiger partial charge on any atom is -0.497 e. The maximum atomic E-state index is 14.0. The van der Waals surface area contributed by atoms with E-state index in [0.717, 1.165) is 53.6 Å². The van der Waals surface area contributed by atoms with Crippen molar-refractivity contribution in [1.29, 1.82) is 0 Å². The van der Waals surface area contributed by atoms with Gasteiger partial charge >= 0.3 is 0 Å². The molecule has 1 aliphatic heterocycles. The zero-order chi connectivity index (χ0) is 25.3. The van der Waals surface area contributed by atoms with Gasteiger partial charge in [-0.15, -0.1) is 0 Å². The Hall–Kier alpha value is -3.48. The third-order valence-electron chi connectivity index (χ3n) is 7.79. The lowest BCUT2D eigenvalue weighted by Crippen LogP contribution is -2.64. The van der Waals surface area contributed by atoms with E-state index in [1.165, 1.54) is 12.8 Å². The summed E-state index contributed by atoms with van der Waals surface area (Å²) in [7, 11) is 3.26. The molecular weight excluding hydrogens is 454 g/mol. The van der Waals surface area contributed by atoms with Crippen LogP contribution >= 0.6 is 0 Å². The van der Waals surface area contributed by atoms with E-state index in [0.29, 0.717) is 18.8 Å². The molecule has 0 unspecified atom stereocenters. The first kappa shape index (κ1) is 24.2. The zero-order valence-corrected chi connectivity index (χ0v) is 21.4. The first-order chi connectivity index (χ1) is 17.4. The average Bonchev–Trinajstić information content (AvgIpc) is 3.05. The van der Waals surface area contributed by atoms with Gasteiger partial charge in [0, 0.05) is 24.0 Å². The van der Waals surface area contributed by atoms with Crippen LogP contribution in [0.5, 0.6) is 11.5 Å². The van der Waals surface area contributed by atoms with Crippen molar-refractivity contribution in [2.24, 2.45) is 0 Å². The van der Waals surface area contributed by atoms with Crippen LogP contribution in [0.15, 0.2) is 48.5 Å². The van der Waals surface area contributed by atoms with Crippen LogP contribution in [0.25, 0.3) is 10.9 Å². The second-order valence-electron chi connectivity index (χ2n) is 10.2. The Morgan fingerprint density at radius 2 is 1.72 bits per heavy atom. The number of nitrogens with one attached hydrogen (secondary N) is 1. The molecule has 7 nitrogen and oxygen atoms in total. The van der Waals surface area contributed by atoms with Crippen molar-refractivity contribution in [1.82, 2.24) is 14.8 Å². The van der Waals surface area contributed by atoms with Crippen molar-refractivity contribution in [3.8, 4) is 11.5 Å². The molecule has 2 aliphatic rings. The summed E-state index contributed by atoms with van der Waals surface area (Å²) in [6.45, 7) is 2.58. The van der Waals surface area contributed by atoms with E-state index >= 15 is 0 Å². The van der Waals surface area contributed by atoms with Crippen LogP contribution in [-0.4, -0.2) is 47.1 Å². The monoisotopic (exact) mass is 489 g/mol. The highest BCUT2D eigenvalue weighted by atomic mass is 16.5. The fraction of sp³-hybridized carbons (Fsp3) is 0.448. The Morgan fingerprint density at radius 3 is 2.44 bits per heavy atom. The smallest absolute Gasteiger partial charge is 0.271 e. The fourth-order valence-electron chi connectivity index (χ4n) is 5.62. The number of benzene rings is 2. The van der Waals surface area contributed by atoms with Crippen LogP contribution in [0.3, 0.4) is 0 Å². The maximum absolute atomic E-state index is 14.0. The number of amides is 2. The lowest BCUT2D eigenvalue weighted by Gasteiger charge is -2.44. The number of fused-ring (bicyclic) bond motifs is 3. The normalized spacial score (nSPS) is 20.6. The van der Waals surface area contributed by atoms with Crippen LogP contribution in [0.4, 0.5) is 0 Å². The third-order valence-corrected chi connectivity index (χ3v) is 7.79. The summed E-state index contributed by atoms with van der Waals surface area (Å²) in [5.41, 5.74) is 1.34. The average molecular weight is 490 g/mol. The molecule has 3 aromatic rings. The van der Waals surface area contributed by atoms with Crippen LogP contribution in [0, 0.1) is 0 Å². The van der Waals surface area contributed by atoms with Gasteiger partial charge in [0.05, 0.1) is 26.3 Å². The predicted molar refractivity (Wildman–Crippen MR) is 139 cm³/mol. The van der Waals surface area contributed by atoms with Crippen molar-refractivity contribution in [2.75, 3.05) is 14.2 Å². The number of methoxy groups -OCH3 is 2. The van der Waals surface area contributed by atoms with Gasteiger partial charge < -0.3 is 24.3 Å². The number of rotatable bonds is 6. The van der Waals surface area contributed by atoms with Gasteiger partial charge in [-0.2, -0.15) is 0 Å². The summed E-state index contributed by atoms with van der Waals surface area (Å²) in [6.07, 6.45) is 6.65. The van der Waals surface area contributed by atoms with E-state index in [4.69, 9.17) is 9.47 Å². The molecular formula is C29H35N3O4. The van der Waals surface area contributed by atoms with Crippen LogP contribution in [-0.2, 0) is 17.9 Å². The topological polar surface area (TPSA) is 72.8 Å². The number of hydrogen-bond acceptors (Lipinski definition) is 4. The SMILES string of the molecule is COc1cccc(CN2C(=O)c3cc4ccc(OC)cc4n3C[C@@]2(C)C(=O)NC2CCCCCC2)c1. The second-order valence-corrected chi connectivity index (χ2v) is 10.2. The number of nitrogens with zero attached hydrogens (tertiary/aromatic N) is 2. The van der Waals surface area contributed by atoms with Gasteiger partial charge in [-0.25, -0.2) is 0 Å². The number of carbonyl (C=O) groups excluding carboxylic acids is 2. The van der Waals surface area contributed by atoms with Crippen molar-refractivity contribution < 1.29 is 19.1 Å². The standard InChI is InChI=1S/C29H35N3O4/c1-29(28(34)30-22-10-6-4-5-7-11-22)19-31-25-17-24(36-3)14-13-21(25)16-26(31)27(33)32(29)18-20-9-8-12-23(15-20)35-2/h8-9,12-17,22H,4-7,10-11,18-19H2,1-3H3,(H,30,34)/t29-/m0/s1. The Labute approximate surface area is 212 Å². The summed E-state index contributed by atoms with van der Waals surface area (Å²) in [4.78, 5) is 29.8. The molecule has 0 saturated heterocycles. The molecule has 0 bridgehead atoms. The molecule has 1 aliphatic carbocycles. The Morgan fingerprint density at radius 1 is 1.00 bits per heavy atom. The molecule has 1 aromatic heterocycles. The van der Waals surface area contributed by atoms with E-state index in [9.17, 15) is 9.59 Å². The molecule has 5 rings (SSSR count). The molecule has 1 fully saturated rings. The summed E-state index contributed by atoms with van der Waals surface area (Å²) >= 11 is 0. The highest BCUT2D eigenvalue weighted by Crippen LogP contribution is 2.35. The highest BCUT2D eigenvalue weighted by molar-refractivity contribution is 6.03. The minimum absolute atomic E-state index is 0.0963. The van der Waals surface area contributed by atoms with Crippen molar-refractivity contribution in [2.45, 2.75) is 70.1 Å². The van der Waals surface area contributed by atoms with Gasteiger partial charge in [0.1, 0.15) is 22.7 Å². The largest absolute Gasteiger partial charge is 0.497 e. The van der Waals surface area contributed by atoms with Crippen LogP contribution < -0.4 is 14.8 Å². The number of hydrogen-bond donors (Lipinski definition) is 1. The first-order valence-electron chi connectivity index (χ1n) is 12.9. The number of ether oxygens (including phenoxy) is 2. The summed E-state index contributed by atoms with van der Waals surface area (Å²) < 4.78 is 12.8. The van der Waals surface area contributed by atoms with Crippen LogP contribution in [0.1, 0.15) is 61.5 Å². The lowest BCUT2D eigenvalue weighted by atomic mass is 9.93. The Balaban J connectivity index is 1.55. The number of carbonyl (C=O) groups is 2. The minimum atomic E-state index is -1.06. The van der Waals surface area contributed by atoms with E-state index in [2.05, 4.69) is 5.32 Å². The van der Waals surface area contributed by atoms with Crippen molar-refractivity contribution in [3.05, 3.63) is 59.8 Å². The highest BCUT2D eigenvalue weighted by Gasteiger charge is 2.48. The Bertz CT molecular complexity index is 1270. The molecule has 2 heterocycles. The lowest BCUT2D eigenvalue weighted by molar-refractivity contribution is -0.134. The van der Waals surface area contributed by atoms with Gasteiger partial charge in [0.2, 0.25) is 5.91 Å². The molecule has 0 spiro atoms. The molecule has 2 amide bonds. The van der Waals surface area contributed by atoms with E-state index in [1.807, 2.05) is 60.0 Å². The second kappa shape index (κ2) is 9.88. The molecule has 190 valence electrons. The van der Waals surface area contributed by atoms with Crippen LogP contribution in [0.2, 0.25) is 0 Å². The molecule has 2 aromatic carbocycles. The summed E-state index contributed by atoms with van der Waals surface area (Å²) in [5, 5.41) is 4.28. The molecule has 1 saturated carbocycles. The molecule has 0 radical (unpaired) electrons. The van der Waals surface area contributed by atoms with Gasteiger partial charge in [0.25, 0.3) is 5.91 Å². The summed E-state index contributed by atoms with van der Waals surface area (Å²) in [6, 6.07) is 15.5. The van der Waals surface area contributed by atoms with Gasteiger partial charge in [0.15, 0.2) is 0 Å². The van der Waals surface area contributed by atoms with Crippen molar-refractivity contribution in [3.63, 3.8) is 0 Å². The Kier molecular flexibility index (Phi) is 6.65. The predicted octanol–water partition coefficient (Wildman–Crippen LogP) is 4.91.